The summed E-state index contributed by atoms with van der Waals surface area (Å²) in [5, 5.41) is 17.2. The van der Waals surface area contributed by atoms with Gasteiger partial charge in [-0.25, -0.2) is 4.79 Å². The van der Waals surface area contributed by atoms with Gasteiger partial charge in [0.2, 0.25) is 0 Å². The number of aryl methyl sites for hydroxylation is 2. The summed E-state index contributed by atoms with van der Waals surface area (Å²) >= 11 is 0. The van der Waals surface area contributed by atoms with Crippen LogP contribution in [0.1, 0.15) is 49.8 Å². The van der Waals surface area contributed by atoms with Gasteiger partial charge in [0, 0.05) is 12.5 Å². The Morgan fingerprint density at radius 2 is 1.74 bits per heavy atom. The minimum atomic E-state index is -0.904. The highest BCUT2D eigenvalue weighted by molar-refractivity contribution is 5.78. The van der Waals surface area contributed by atoms with Crippen LogP contribution in [0.2, 0.25) is 0 Å². The van der Waals surface area contributed by atoms with E-state index in [0.717, 1.165) is 16.7 Å². The fraction of sp³-hybridized carbons (Fsp3) is 0.533. The number of carbonyl (C=O) groups is 2. The molecule has 8 nitrogen and oxygen atoms in total. The zero-order valence-corrected chi connectivity index (χ0v) is 22.9. The van der Waals surface area contributed by atoms with Crippen molar-refractivity contribution in [2.75, 3.05) is 19.8 Å². The highest BCUT2D eigenvalue weighted by Crippen LogP contribution is 2.22. The van der Waals surface area contributed by atoms with Crippen molar-refractivity contribution in [2.24, 2.45) is 5.92 Å². The van der Waals surface area contributed by atoms with Crippen LogP contribution in [-0.4, -0.2) is 61.2 Å². The molecule has 4 atom stereocenters. The first kappa shape index (κ1) is 29.5. The molecule has 3 rings (SSSR count). The predicted octanol–water partition coefficient (Wildman–Crippen LogP) is 4.09. The Hall–Kier alpha value is -3.10. The van der Waals surface area contributed by atoms with Crippen LogP contribution in [-0.2, 0) is 20.7 Å². The van der Waals surface area contributed by atoms with E-state index in [1.807, 2.05) is 62.4 Å². The third-order valence-corrected chi connectivity index (χ3v) is 6.63. The summed E-state index contributed by atoms with van der Waals surface area (Å²) in [7, 11) is 0. The number of alkyl carbamates (subject to hydrolysis) is 1. The van der Waals surface area contributed by atoms with Gasteiger partial charge in [-0.3, -0.25) is 4.79 Å². The Bertz CT molecular complexity index is 1000. The SMILES string of the molecule is Cc1cccc(C)c1OCC(=O)N[C@@H](Cc1ccccc1)[C@@H](O)C[C@H](CC(C)C)NC(=O)O[C@H]1CCOC1. The number of hydrogen-bond acceptors (Lipinski definition) is 6. The molecule has 0 aliphatic carbocycles. The maximum Gasteiger partial charge on any atom is 0.407 e. The van der Waals surface area contributed by atoms with Crippen molar-refractivity contribution in [3.63, 3.8) is 0 Å². The van der Waals surface area contributed by atoms with Crippen molar-refractivity contribution < 1.29 is 28.9 Å². The normalized spacial score (nSPS) is 17.5. The fourth-order valence-corrected chi connectivity index (χ4v) is 4.76. The molecule has 1 aliphatic rings. The lowest BCUT2D eigenvalue weighted by Crippen LogP contribution is -2.49. The number of hydrogen-bond donors (Lipinski definition) is 3. The van der Waals surface area contributed by atoms with Crippen molar-refractivity contribution >= 4 is 12.0 Å². The van der Waals surface area contributed by atoms with Crippen molar-refractivity contribution in [3.05, 3.63) is 65.2 Å². The van der Waals surface area contributed by atoms with E-state index in [9.17, 15) is 14.7 Å². The standard InChI is InChI=1S/C30H42N2O6/c1-20(2)15-24(31-30(35)38-25-13-14-36-18-25)17-27(33)26(16-23-11-6-5-7-12-23)32-28(34)19-37-29-21(3)9-8-10-22(29)4/h5-12,20,24-27,33H,13-19H2,1-4H3,(H,31,35)(H,32,34)/t24-,25-,26-,27-/m0/s1. The van der Waals surface area contributed by atoms with Crippen LogP contribution in [0.4, 0.5) is 4.79 Å². The van der Waals surface area contributed by atoms with Crippen LogP contribution in [0.3, 0.4) is 0 Å². The number of benzene rings is 2. The van der Waals surface area contributed by atoms with E-state index in [1.165, 1.54) is 0 Å². The number of para-hydroxylation sites is 1. The van der Waals surface area contributed by atoms with Crippen LogP contribution < -0.4 is 15.4 Å². The molecule has 0 radical (unpaired) electrons. The summed E-state index contributed by atoms with van der Waals surface area (Å²) in [5.74, 6) is 0.659. The number of aliphatic hydroxyl groups excluding tert-OH is 1. The molecule has 2 aromatic rings. The van der Waals surface area contributed by atoms with E-state index >= 15 is 0 Å². The number of rotatable bonds is 13. The molecule has 0 aromatic heterocycles. The molecule has 1 saturated heterocycles. The third-order valence-electron chi connectivity index (χ3n) is 6.63. The minimum Gasteiger partial charge on any atom is -0.483 e. The van der Waals surface area contributed by atoms with E-state index in [1.54, 1.807) is 0 Å². The van der Waals surface area contributed by atoms with Crippen molar-refractivity contribution in [2.45, 2.75) is 77.7 Å². The second-order valence-electron chi connectivity index (χ2n) is 10.5. The van der Waals surface area contributed by atoms with Crippen LogP contribution in [0.5, 0.6) is 5.75 Å². The van der Waals surface area contributed by atoms with Crippen LogP contribution >= 0.6 is 0 Å². The number of nitrogens with one attached hydrogen (secondary N) is 2. The highest BCUT2D eigenvalue weighted by atomic mass is 16.6. The molecule has 1 aliphatic heterocycles. The lowest BCUT2D eigenvalue weighted by molar-refractivity contribution is -0.124. The molecule has 0 saturated carbocycles. The molecule has 38 heavy (non-hydrogen) atoms. The Morgan fingerprint density at radius 1 is 1.03 bits per heavy atom. The van der Waals surface area contributed by atoms with Crippen molar-refractivity contribution in [1.82, 2.24) is 10.6 Å². The number of carbonyl (C=O) groups excluding carboxylic acids is 2. The Balaban J connectivity index is 1.66. The molecular formula is C30H42N2O6. The van der Waals surface area contributed by atoms with E-state index in [-0.39, 0.29) is 37.0 Å². The minimum absolute atomic E-state index is 0.160. The van der Waals surface area contributed by atoms with Gasteiger partial charge in [-0.05, 0) is 55.7 Å². The first-order valence-electron chi connectivity index (χ1n) is 13.5. The van der Waals surface area contributed by atoms with E-state index in [0.29, 0.717) is 38.2 Å². The third kappa shape index (κ3) is 9.65. The number of aliphatic hydroxyl groups is 1. The molecule has 1 heterocycles. The Labute approximate surface area is 226 Å². The summed E-state index contributed by atoms with van der Waals surface area (Å²) in [6.45, 7) is 8.83. The zero-order chi connectivity index (χ0) is 27.5. The highest BCUT2D eigenvalue weighted by Gasteiger charge is 2.28. The summed E-state index contributed by atoms with van der Waals surface area (Å²) in [6.07, 6.45) is 0.387. The van der Waals surface area contributed by atoms with E-state index in [4.69, 9.17) is 14.2 Å². The second kappa shape index (κ2) is 14.7. The molecule has 2 aromatic carbocycles. The average Bonchev–Trinajstić information content (AvgIpc) is 3.36. The van der Waals surface area contributed by atoms with Crippen molar-refractivity contribution in [1.29, 1.82) is 0 Å². The molecule has 0 bridgehead atoms. The lowest BCUT2D eigenvalue weighted by Gasteiger charge is -2.29. The van der Waals surface area contributed by atoms with Gasteiger partial charge in [-0.2, -0.15) is 0 Å². The maximum absolute atomic E-state index is 12.9. The molecule has 0 spiro atoms. The van der Waals surface area contributed by atoms with Crippen molar-refractivity contribution in [3.8, 4) is 5.75 Å². The first-order chi connectivity index (χ1) is 18.2. The van der Waals surface area contributed by atoms with E-state index < -0.39 is 18.2 Å². The smallest absolute Gasteiger partial charge is 0.407 e. The van der Waals surface area contributed by atoms with Gasteiger partial charge < -0.3 is 30.0 Å². The Morgan fingerprint density at radius 3 is 2.37 bits per heavy atom. The average molecular weight is 527 g/mol. The number of amides is 2. The topological polar surface area (TPSA) is 106 Å². The lowest BCUT2D eigenvalue weighted by atomic mass is 9.93. The van der Waals surface area contributed by atoms with Crippen LogP contribution in [0.15, 0.2) is 48.5 Å². The van der Waals surface area contributed by atoms with Crippen LogP contribution in [0, 0.1) is 19.8 Å². The van der Waals surface area contributed by atoms with Gasteiger partial charge in [0.1, 0.15) is 11.9 Å². The second-order valence-corrected chi connectivity index (χ2v) is 10.5. The van der Waals surface area contributed by atoms with Gasteiger partial charge in [0.15, 0.2) is 6.61 Å². The molecule has 0 unspecified atom stereocenters. The summed E-state index contributed by atoms with van der Waals surface area (Å²) in [6, 6.07) is 14.6. The quantitative estimate of drug-likeness (QED) is 0.363. The Kier molecular flexibility index (Phi) is 11.4. The summed E-state index contributed by atoms with van der Waals surface area (Å²) in [4.78, 5) is 25.5. The molecule has 1 fully saturated rings. The van der Waals surface area contributed by atoms with Gasteiger partial charge in [-0.15, -0.1) is 0 Å². The van der Waals surface area contributed by atoms with Crippen LogP contribution in [0.25, 0.3) is 0 Å². The fourth-order valence-electron chi connectivity index (χ4n) is 4.76. The predicted molar refractivity (Wildman–Crippen MR) is 146 cm³/mol. The van der Waals surface area contributed by atoms with Gasteiger partial charge in [0.05, 0.1) is 25.4 Å². The monoisotopic (exact) mass is 526 g/mol. The molecule has 3 N–H and O–H groups in total. The van der Waals surface area contributed by atoms with Gasteiger partial charge >= 0.3 is 6.09 Å². The van der Waals surface area contributed by atoms with Gasteiger partial charge in [0.25, 0.3) is 5.91 Å². The van der Waals surface area contributed by atoms with E-state index in [2.05, 4.69) is 24.5 Å². The zero-order valence-electron chi connectivity index (χ0n) is 22.9. The summed E-state index contributed by atoms with van der Waals surface area (Å²) in [5.41, 5.74) is 2.90. The summed E-state index contributed by atoms with van der Waals surface area (Å²) < 4.78 is 16.6. The first-order valence-corrected chi connectivity index (χ1v) is 13.5. The largest absolute Gasteiger partial charge is 0.483 e. The molecule has 2 amide bonds. The number of ether oxygens (including phenoxy) is 3. The molecule has 208 valence electrons. The molecule has 8 heteroatoms. The van der Waals surface area contributed by atoms with Gasteiger partial charge in [-0.1, -0.05) is 62.4 Å². The molecular weight excluding hydrogens is 484 g/mol. The maximum atomic E-state index is 12.9.